The van der Waals surface area contributed by atoms with Crippen molar-refractivity contribution in [1.82, 2.24) is 10.3 Å². The molecule has 0 saturated heterocycles. The van der Waals surface area contributed by atoms with Crippen molar-refractivity contribution in [1.29, 1.82) is 0 Å². The standard InChI is InChI=1S/C15H27N3O/c1-5-7-16-13(4)14-6-8-17-15(11-14)18(9-10-19)12(2)3/h6,8,11-13,16,19H,5,7,9-10H2,1-4H3. The van der Waals surface area contributed by atoms with Gasteiger partial charge in [-0.1, -0.05) is 6.92 Å². The van der Waals surface area contributed by atoms with Gasteiger partial charge in [0.25, 0.3) is 0 Å². The highest BCUT2D eigenvalue weighted by molar-refractivity contribution is 5.42. The molecule has 0 saturated carbocycles. The fraction of sp³-hybridized carbons (Fsp3) is 0.667. The fourth-order valence-corrected chi connectivity index (χ4v) is 2.08. The van der Waals surface area contributed by atoms with Crippen LogP contribution in [0.25, 0.3) is 0 Å². The summed E-state index contributed by atoms with van der Waals surface area (Å²) in [4.78, 5) is 6.55. The maximum atomic E-state index is 9.16. The van der Waals surface area contributed by atoms with Crippen molar-refractivity contribution in [2.24, 2.45) is 0 Å². The molecule has 0 aromatic carbocycles. The van der Waals surface area contributed by atoms with Crippen LogP contribution in [-0.2, 0) is 0 Å². The van der Waals surface area contributed by atoms with Gasteiger partial charge in [0.15, 0.2) is 0 Å². The fourth-order valence-electron chi connectivity index (χ4n) is 2.08. The molecule has 1 aromatic rings. The average Bonchev–Trinajstić information content (AvgIpc) is 2.41. The van der Waals surface area contributed by atoms with Gasteiger partial charge in [0, 0.05) is 24.8 Å². The largest absolute Gasteiger partial charge is 0.395 e. The third kappa shape index (κ3) is 4.80. The molecular weight excluding hydrogens is 238 g/mol. The molecule has 0 bridgehead atoms. The number of hydrogen-bond donors (Lipinski definition) is 2. The van der Waals surface area contributed by atoms with Crippen molar-refractivity contribution < 1.29 is 5.11 Å². The number of rotatable bonds is 8. The summed E-state index contributed by atoms with van der Waals surface area (Å²) in [5.74, 6) is 0.937. The lowest BCUT2D eigenvalue weighted by molar-refractivity contribution is 0.298. The number of pyridine rings is 1. The first kappa shape index (κ1) is 15.9. The Bertz CT molecular complexity index is 368. The summed E-state index contributed by atoms with van der Waals surface area (Å²) >= 11 is 0. The molecule has 1 unspecified atom stereocenters. The summed E-state index contributed by atoms with van der Waals surface area (Å²) in [6, 6.07) is 4.82. The summed E-state index contributed by atoms with van der Waals surface area (Å²) in [6.45, 7) is 10.3. The van der Waals surface area contributed by atoms with Crippen molar-refractivity contribution in [3.63, 3.8) is 0 Å². The van der Waals surface area contributed by atoms with Crippen LogP contribution in [0.1, 0.15) is 45.7 Å². The molecule has 4 heteroatoms. The highest BCUT2D eigenvalue weighted by Gasteiger charge is 2.13. The van der Waals surface area contributed by atoms with E-state index in [-0.39, 0.29) is 6.61 Å². The van der Waals surface area contributed by atoms with Gasteiger partial charge in [-0.05, 0) is 51.4 Å². The zero-order valence-electron chi connectivity index (χ0n) is 12.6. The lowest BCUT2D eigenvalue weighted by Crippen LogP contribution is -2.34. The second-order valence-corrected chi connectivity index (χ2v) is 5.13. The van der Waals surface area contributed by atoms with Crippen LogP contribution >= 0.6 is 0 Å². The zero-order valence-corrected chi connectivity index (χ0v) is 12.6. The van der Waals surface area contributed by atoms with Gasteiger partial charge in [-0.2, -0.15) is 0 Å². The van der Waals surface area contributed by atoms with Gasteiger partial charge in [0.05, 0.1) is 6.61 Å². The normalized spacial score (nSPS) is 12.7. The Balaban J connectivity index is 2.85. The number of anilines is 1. The van der Waals surface area contributed by atoms with Crippen LogP contribution in [0.15, 0.2) is 18.3 Å². The minimum Gasteiger partial charge on any atom is -0.395 e. The summed E-state index contributed by atoms with van der Waals surface area (Å²) in [6.07, 6.45) is 2.98. The number of hydrogen-bond acceptors (Lipinski definition) is 4. The molecular formula is C15H27N3O. The van der Waals surface area contributed by atoms with E-state index in [1.165, 1.54) is 5.56 Å². The van der Waals surface area contributed by atoms with Gasteiger partial charge in [-0.15, -0.1) is 0 Å². The lowest BCUT2D eigenvalue weighted by Gasteiger charge is -2.28. The number of aliphatic hydroxyl groups is 1. The van der Waals surface area contributed by atoms with Crippen LogP contribution in [0, 0.1) is 0 Å². The Hall–Kier alpha value is -1.13. The molecule has 0 aliphatic rings. The Morgan fingerprint density at radius 1 is 1.37 bits per heavy atom. The molecule has 2 N–H and O–H groups in total. The van der Waals surface area contributed by atoms with E-state index < -0.39 is 0 Å². The van der Waals surface area contributed by atoms with Gasteiger partial charge in [0.1, 0.15) is 5.82 Å². The van der Waals surface area contributed by atoms with Crippen LogP contribution in [0.4, 0.5) is 5.82 Å². The summed E-state index contributed by atoms with van der Waals surface area (Å²) < 4.78 is 0. The maximum absolute atomic E-state index is 9.16. The molecule has 0 aliphatic carbocycles. The summed E-state index contributed by atoms with van der Waals surface area (Å²) in [7, 11) is 0. The van der Waals surface area contributed by atoms with Crippen LogP contribution in [-0.4, -0.2) is 35.8 Å². The molecule has 0 aliphatic heterocycles. The van der Waals surface area contributed by atoms with Gasteiger partial charge in [-0.25, -0.2) is 4.98 Å². The third-order valence-corrected chi connectivity index (χ3v) is 3.23. The molecule has 1 heterocycles. The minimum atomic E-state index is 0.147. The van der Waals surface area contributed by atoms with Crippen molar-refractivity contribution in [3.8, 4) is 0 Å². The zero-order chi connectivity index (χ0) is 14.3. The highest BCUT2D eigenvalue weighted by Crippen LogP contribution is 2.19. The molecule has 0 spiro atoms. The quantitative estimate of drug-likeness (QED) is 0.757. The van der Waals surface area contributed by atoms with Gasteiger partial charge in [-0.3, -0.25) is 0 Å². The van der Waals surface area contributed by atoms with Crippen molar-refractivity contribution >= 4 is 5.82 Å². The minimum absolute atomic E-state index is 0.147. The van der Waals surface area contributed by atoms with Crippen LogP contribution in [0.5, 0.6) is 0 Å². The first-order valence-electron chi connectivity index (χ1n) is 7.17. The SMILES string of the molecule is CCCNC(C)c1ccnc(N(CCO)C(C)C)c1. The van der Waals surface area contributed by atoms with E-state index in [0.29, 0.717) is 18.6 Å². The third-order valence-electron chi connectivity index (χ3n) is 3.23. The van der Waals surface area contributed by atoms with E-state index in [1.807, 2.05) is 12.3 Å². The number of aromatic nitrogens is 1. The molecule has 1 atom stereocenters. The number of aliphatic hydroxyl groups excluding tert-OH is 1. The van der Waals surface area contributed by atoms with Crippen molar-refractivity contribution in [2.75, 3.05) is 24.6 Å². The van der Waals surface area contributed by atoms with Gasteiger partial charge >= 0.3 is 0 Å². The smallest absolute Gasteiger partial charge is 0.129 e. The van der Waals surface area contributed by atoms with Crippen LogP contribution in [0.2, 0.25) is 0 Å². The lowest BCUT2D eigenvalue weighted by atomic mass is 10.1. The molecule has 4 nitrogen and oxygen atoms in total. The van der Waals surface area contributed by atoms with E-state index >= 15 is 0 Å². The monoisotopic (exact) mass is 265 g/mol. The van der Waals surface area contributed by atoms with E-state index in [2.05, 4.69) is 49.0 Å². The summed E-state index contributed by atoms with van der Waals surface area (Å²) in [5.41, 5.74) is 1.24. The number of nitrogens with one attached hydrogen (secondary N) is 1. The molecule has 0 amide bonds. The topological polar surface area (TPSA) is 48.4 Å². The predicted molar refractivity (Wildman–Crippen MR) is 80.5 cm³/mol. The Kier molecular flexibility index (Phi) is 6.81. The second kappa shape index (κ2) is 8.12. The molecule has 108 valence electrons. The Morgan fingerprint density at radius 2 is 2.11 bits per heavy atom. The molecule has 1 aromatic heterocycles. The first-order valence-corrected chi connectivity index (χ1v) is 7.17. The molecule has 0 radical (unpaired) electrons. The van der Waals surface area contributed by atoms with E-state index in [0.717, 1.165) is 18.8 Å². The van der Waals surface area contributed by atoms with Crippen molar-refractivity contribution in [3.05, 3.63) is 23.9 Å². The molecule has 1 rings (SSSR count). The van der Waals surface area contributed by atoms with Gasteiger partial charge < -0.3 is 15.3 Å². The van der Waals surface area contributed by atoms with Gasteiger partial charge in [0.2, 0.25) is 0 Å². The highest BCUT2D eigenvalue weighted by atomic mass is 16.3. The van der Waals surface area contributed by atoms with E-state index in [4.69, 9.17) is 5.11 Å². The Labute approximate surface area is 116 Å². The molecule has 19 heavy (non-hydrogen) atoms. The number of nitrogens with zero attached hydrogens (tertiary/aromatic N) is 2. The van der Waals surface area contributed by atoms with E-state index in [9.17, 15) is 0 Å². The molecule has 0 fully saturated rings. The summed E-state index contributed by atoms with van der Waals surface area (Å²) in [5, 5.41) is 12.6. The van der Waals surface area contributed by atoms with Crippen molar-refractivity contribution in [2.45, 2.75) is 46.2 Å². The first-order chi connectivity index (χ1) is 9.10. The predicted octanol–water partition coefficient (Wildman–Crippen LogP) is 2.35. The second-order valence-electron chi connectivity index (χ2n) is 5.13. The van der Waals surface area contributed by atoms with E-state index in [1.54, 1.807) is 0 Å². The van der Waals surface area contributed by atoms with Crippen LogP contribution < -0.4 is 10.2 Å². The average molecular weight is 265 g/mol. The maximum Gasteiger partial charge on any atom is 0.129 e. The van der Waals surface area contributed by atoms with Crippen LogP contribution in [0.3, 0.4) is 0 Å². The Morgan fingerprint density at radius 3 is 2.68 bits per heavy atom.